The third-order valence-corrected chi connectivity index (χ3v) is 7.06. The Morgan fingerprint density at radius 1 is 0.289 bits per heavy atom. The summed E-state index contributed by atoms with van der Waals surface area (Å²) < 4.78 is 6.46. The Morgan fingerprint density at radius 2 is 0.368 bits per heavy atom. The monoisotopic (exact) mass is 1840 g/mol. The molecule has 6 unspecified atom stereocenters. The Kier molecular flexibility index (Phi) is 63.2. The zero-order chi connectivity index (χ0) is 65.1. The molecule has 0 saturated heterocycles. The molecule has 0 bridgehead atoms. The van der Waals surface area contributed by atoms with Crippen LogP contribution in [-0.4, -0.2) is 245 Å². The van der Waals surface area contributed by atoms with Gasteiger partial charge in [-0.3, -0.25) is 17.4 Å². The van der Waals surface area contributed by atoms with Crippen LogP contribution in [0.15, 0.2) is 0 Å². The minimum absolute atomic E-state index is 0.426. The van der Waals surface area contributed by atoms with Gasteiger partial charge in [0.25, 0.3) is 0 Å². The summed E-state index contributed by atoms with van der Waals surface area (Å²) in [6.07, 6.45) is -11.7. The first-order valence-corrected chi connectivity index (χ1v) is 34.7. The van der Waals surface area contributed by atoms with Crippen LogP contribution < -0.4 is 107 Å². The van der Waals surface area contributed by atoms with Gasteiger partial charge in [0, 0.05) is 17.9 Å². The summed E-state index contributed by atoms with van der Waals surface area (Å²) in [6, 6.07) is 0. The van der Waals surface area contributed by atoms with Gasteiger partial charge in [-0.2, -0.15) is 18.3 Å². The average Bonchev–Trinajstić information content (AvgIpc) is 3.17. The first-order valence-electron chi connectivity index (χ1n) is 23.1. The molecule has 76 heavy (non-hydrogen) atoms. The number of hydrogen-bond donors (Lipinski definition) is 0. The van der Waals surface area contributed by atoms with Crippen molar-refractivity contribution in [3.63, 3.8) is 0 Å². The molecule has 6 atom stereocenters. The third-order valence-electron chi connectivity index (χ3n) is 7.06. The van der Waals surface area contributed by atoms with Gasteiger partial charge in [0.15, 0.2) is 0 Å². The van der Waals surface area contributed by atoms with E-state index in [9.17, 15) is 122 Å². The van der Waals surface area contributed by atoms with Crippen LogP contribution in [0.1, 0.15) is 158 Å². The van der Waals surface area contributed by atoms with Crippen LogP contribution in [0.5, 0.6) is 0 Å². The Balaban J connectivity index is -0.0000000859. The van der Waals surface area contributed by atoms with Gasteiger partial charge in [-0.15, -0.1) is 16.8 Å². The molecule has 0 rings (SSSR count). The van der Waals surface area contributed by atoms with Crippen molar-refractivity contribution in [1.82, 2.24) is 0 Å². The molecule has 0 saturated carbocycles. The molecule has 24 nitrogen and oxygen atoms in total. The predicted molar refractivity (Wildman–Crippen MR) is 245 cm³/mol. The summed E-state index contributed by atoms with van der Waals surface area (Å²) in [5, 5.41) is 229. The molecule has 0 radical (unpaired) electrons. The molecule has 31 heteroatoms. The average molecular weight is 1830 g/mol. The van der Waals surface area contributed by atoms with E-state index in [0.29, 0.717) is 20.8 Å². The van der Waals surface area contributed by atoms with Crippen LogP contribution >= 0.6 is 0 Å². The maximum absolute atomic E-state index is 11.3. The van der Waals surface area contributed by atoms with Gasteiger partial charge >= 0.3 is 282 Å². The van der Waals surface area contributed by atoms with Crippen molar-refractivity contribution in [3.8, 4) is 0 Å². The Morgan fingerprint density at radius 3 is 0.408 bits per heavy atom. The molecule has 0 aliphatic rings. The van der Waals surface area contributed by atoms with Crippen molar-refractivity contribution in [2.75, 3.05) is 0 Å². The second kappa shape index (κ2) is 47.4. The second-order valence-corrected chi connectivity index (χ2v) is 41.3. The molecule has 0 fully saturated rings. The molecular formula is C45H76O24Sn7. The van der Waals surface area contributed by atoms with Crippen molar-refractivity contribution in [1.29, 1.82) is 0 Å². The van der Waals surface area contributed by atoms with Crippen LogP contribution in [0.2, 0.25) is 27.5 Å². The van der Waals surface area contributed by atoms with Gasteiger partial charge in [0.1, 0.15) is 0 Å². The number of carboxylic acids is 3. The predicted octanol–water partition coefficient (Wildman–Crippen LogP) is -17.6. The summed E-state index contributed by atoms with van der Waals surface area (Å²) in [4.78, 5) is 31.1. The Bertz CT molecular complexity index is 1240. The third kappa shape index (κ3) is 43.0. The summed E-state index contributed by atoms with van der Waals surface area (Å²) in [5.74, 6) is -36.0. The summed E-state index contributed by atoms with van der Waals surface area (Å²) in [7, 11) is 0. The fourth-order valence-electron chi connectivity index (χ4n) is 3.18. The number of carbonyl (C=O) groups excluding carboxylic acids is 3. The van der Waals surface area contributed by atoms with Crippen LogP contribution in [0.3, 0.4) is 0 Å². The van der Waals surface area contributed by atoms with Crippen molar-refractivity contribution >= 4 is 176 Å². The Hall–Kier alpha value is 3.28. The molecule has 0 amide bonds. The number of carboxylic acid groups (broad SMARTS) is 3. The molecular weight excluding hydrogens is 1760 g/mol. The van der Waals surface area contributed by atoms with E-state index in [1.807, 2.05) is 0 Å². The van der Waals surface area contributed by atoms with Crippen molar-refractivity contribution < 1.29 is 122 Å². The van der Waals surface area contributed by atoms with Gasteiger partial charge < -0.3 is 122 Å². The number of aliphatic carboxylic acids is 3. The van der Waals surface area contributed by atoms with E-state index >= 15 is 0 Å². The van der Waals surface area contributed by atoms with Crippen molar-refractivity contribution in [2.24, 2.45) is 0 Å². The van der Waals surface area contributed by atoms with Crippen LogP contribution in [-0.2, 0) is 14.4 Å². The molecule has 0 heterocycles. The summed E-state index contributed by atoms with van der Waals surface area (Å²) >= 11 is 11.5. The summed E-state index contributed by atoms with van der Waals surface area (Å²) in [6.45, 7) is 34.7. The molecule has 0 aromatic heterocycles. The molecule has 0 aromatic carbocycles. The van der Waals surface area contributed by atoms with Gasteiger partial charge in [-0.25, -0.2) is 17.4 Å². The number of hydrogen-bond acceptors (Lipinski definition) is 24. The van der Waals surface area contributed by atoms with E-state index in [-0.39, 0.29) is 0 Å². The SMILES string of the molecule is CCC([O-])(C(=O)[O-])C([O-])([O-])C([O-])([O-])C(C)[O-].CCC([O-])(C(=O)[O-])C([O-])([O-])C([O-])([O-])C(C)[O-].CCC([O-])(C(=O)[O-])C([O-])([O-])C([O-])([O-])C(C)[O-].C[CH](C)[Sn+3].C[CH](C)[Sn+3].C[CH](C)[Sn+3].C[CH](C)[Sn+3].C[CH](C)[Sn+3].C[CH](C)[Sn+3].C[CH](C)[Sn+3]. The van der Waals surface area contributed by atoms with Crippen molar-refractivity contribution in [2.45, 2.75) is 255 Å². The number of carbonyl (C=O) groups is 3. The van der Waals surface area contributed by atoms with E-state index < -0.39 is 107 Å². The zero-order valence-corrected chi connectivity index (χ0v) is 67.2. The van der Waals surface area contributed by atoms with E-state index in [0.717, 1.165) is 48.3 Å². The van der Waals surface area contributed by atoms with Crippen LogP contribution in [0.25, 0.3) is 0 Å². The standard InChI is InChI=1S/3C8H10O8.7C3H7.7Sn/c3*1-3-6(12,5(10)11)8(15,16)7(13,14)4(2)9;7*1-3-2;;;;;;;/h3*4H,3H2,1-2H3,(H,10,11);7*3H,1-2H3;;;;;;;/q3*-6;;;;;;;;7*+3/p-3. The van der Waals surface area contributed by atoms with Gasteiger partial charge in [-0.05, 0) is 0 Å². The fraction of sp³-hybridized carbons (Fsp3) is 0.933. The first kappa shape index (κ1) is 101. The molecule has 428 valence electrons. The van der Waals surface area contributed by atoms with Crippen LogP contribution in [0.4, 0.5) is 0 Å². The quantitative estimate of drug-likeness (QED) is 0.108. The molecule has 0 aliphatic heterocycles. The second-order valence-electron chi connectivity index (χ2n) is 18.3. The van der Waals surface area contributed by atoms with Gasteiger partial charge in [0.05, 0.1) is 0 Å². The molecule has 0 aliphatic carbocycles. The maximum atomic E-state index is 11.3. The van der Waals surface area contributed by atoms with E-state index in [2.05, 4.69) is 96.9 Å². The fourth-order valence-corrected chi connectivity index (χ4v) is 3.18. The molecule has 0 spiro atoms. The minimum atomic E-state index is -4.80. The van der Waals surface area contributed by atoms with Crippen LogP contribution in [0, 0.1) is 0 Å². The van der Waals surface area contributed by atoms with E-state index in [1.54, 1.807) is 158 Å². The van der Waals surface area contributed by atoms with E-state index in [4.69, 9.17) is 0 Å². The number of rotatable bonds is 15. The first-order chi connectivity index (χ1) is 33.0. The van der Waals surface area contributed by atoms with Gasteiger partial charge in [-0.1, -0.05) is 60.8 Å². The summed E-state index contributed by atoms with van der Waals surface area (Å²) in [5.41, 5.74) is -11.9. The van der Waals surface area contributed by atoms with Gasteiger partial charge in [0.2, 0.25) is 0 Å². The molecule has 0 N–H and O–H groups in total. The zero-order valence-electron chi connectivity index (χ0n) is 47.2. The van der Waals surface area contributed by atoms with E-state index in [1.165, 1.54) is 0 Å². The molecule has 0 aromatic rings. The van der Waals surface area contributed by atoms with Crippen molar-refractivity contribution in [3.05, 3.63) is 0 Å². The normalized spacial score (nSPS) is 15.4. The Labute approximate surface area is 545 Å². The topological polar surface area (TPSA) is 535 Å².